The van der Waals surface area contributed by atoms with Gasteiger partial charge in [0.1, 0.15) is 11.9 Å². The van der Waals surface area contributed by atoms with Crippen LogP contribution in [0.3, 0.4) is 0 Å². The molecule has 1 fully saturated rings. The third kappa shape index (κ3) is 10.5. The minimum absolute atomic E-state index is 0.0114. The quantitative estimate of drug-likeness (QED) is 0.153. The summed E-state index contributed by atoms with van der Waals surface area (Å²) in [5.41, 5.74) is 1.66. The molecule has 0 radical (unpaired) electrons. The van der Waals surface area contributed by atoms with Gasteiger partial charge in [-0.05, 0) is 62.1 Å². The molecule has 1 heterocycles. The number of carbonyl (C=O) groups is 1. The lowest BCUT2D eigenvalue weighted by molar-refractivity contribution is 0.0156. The van der Waals surface area contributed by atoms with Gasteiger partial charge in [-0.1, -0.05) is 97.0 Å². The highest BCUT2D eigenvalue weighted by Crippen LogP contribution is 2.31. The molecule has 1 aromatic carbocycles. The van der Waals surface area contributed by atoms with Crippen molar-refractivity contribution < 1.29 is 13.9 Å². The molecule has 1 aromatic heterocycles. The van der Waals surface area contributed by atoms with Crippen LogP contribution < -0.4 is 0 Å². The van der Waals surface area contributed by atoms with E-state index >= 15 is 0 Å². The fourth-order valence-corrected chi connectivity index (χ4v) is 5.53. The highest BCUT2D eigenvalue weighted by Gasteiger charge is 2.25. The van der Waals surface area contributed by atoms with Crippen LogP contribution in [0, 0.1) is 11.7 Å². The van der Waals surface area contributed by atoms with Crippen LogP contribution >= 0.6 is 0 Å². The van der Waals surface area contributed by atoms with Crippen LogP contribution in [-0.4, -0.2) is 22.0 Å². The summed E-state index contributed by atoms with van der Waals surface area (Å²) in [4.78, 5) is 21.6. The zero-order valence-electron chi connectivity index (χ0n) is 23.9. The largest absolute Gasteiger partial charge is 0.459 e. The van der Waals surface area contributed by atoms with E-state index in [-0.39, 0.29) is 11.7 Å². The summed E-state index contributed by atoms with van der Waals surface area (Å²) in [5.74, 6) is 0.0644. The molecule has 0 bridgehead atoms. The minimum Gasteiger partial charge on any atom is -0.459 e. The van der Waals surface area contributed by atoms with Gasteiger partial charge < -0.3 is 4.74 Å². The average molecular weight is 525 g/mol. The molecule has 0 amide bonds. The first kappa shape index (κ1) is 30.2. The van der Waals surface area contributed by atoms with Crippen molar-refractivity contribution in [2.45, 2.75) is 136 Å². The molecule has 0 N–H and O–H groups in total. The van der Waals surface area contributed by atoms with Crippen LogP contribution in [0.5, 0.6) is 0 Å². The van der Waals surface area contributed by atoms with E-state index in [9.17, 15) is 9.18 Å². The number of unbranched alkanes of at least 4 members (excludes halogenated alkanes) is 10. The predicted molar refractivity (Wildman–Crippen MR) is 154 cm³/mol. The van der Waals surface area contributed by atoms with Crippen LogP contribution in [0.4, 0.5) is 4.39 Å². The van der Waals surface area contributed by atoms with Gasteiger partial charge in [-0.3, -0.25) is 0 Å². The van der Waals surface area contributed by atoms with Crippen LogP contribution in [0.1, 0.15) is 139 Å². The number of nitrogens with zero attached hydrogens (tertiary/aromatic N) is 2. The van der Waals surface area contributed by atoms with Crippen molar-refractivity contribution >= 4 is 5.97 Å². The minimum atomic E-state index is -0.580. The van der Waals surface area contributed by atoms with E-state index in [1.807, 2.05) is 12.4 Å². The lowest BCUT2D eigenvalue weighted by Crippen LogP contribution is -2.25. The maximum atomic E-state index is 14.9. The summed E-state index contributed by atoms with van der Waals surface area (Å²) in [6, 6.07) is 4.55. The van der Waals surface area contributed by atoms with E-state index in [2.05, 4.69) is 23.8 Å². The molecule has 0 aliphatic heterocycles. The van der Waals surface area contributed by atoms with Gasteiger partial charge in [0.2, 0.25) is 0 Å². The van der Waals surface area contributed by atoms with E-state index < -0.39 is 11.8 Å². The SMILES string of the molecule is CCCCCCCCC[C@H]1CC[C@H](OC(=O)c2ccc(-c3ncc(CCCCCCC)cn3)cc2F)CC1. The van der Waals surface area contributed by atoms with Crippen molar-refractivity contribution in [3.63, 3.8) is 0 Å². The molecule has 38 heavy (non-hydrogen) atoms. The van der Waals surface area contributed by atoms with Gasteiger partial charge in [0.25, 0.3) is 0 Å². The molecule has 5 heteroatoms. The topological polar surface area (TPSA) is 52.1 Å². The number of aromatic nitrogens is 2. The second-order valence-corrected chi connectivity index (χ2v) is 11.2. The summed E-state index contributed by atoms with van der Waals surface area (Å²) in [6.45, 7) is 4.47. The predicted octanol–water partition coefficient (Wildman–Crippen LogP) is 9.65. The third-order valence-corrected chi connectivity index (χ3v) is 8.00. The fraction of sp³-hybridized carbons (Fsp3) is 0.667. The first-order chi connectivity index (χ1) is 18.6. The van der Waals surface area contributed by atoms with Crippen molar-refractivity contribution in [3.05, 3.63) is 47.5 Å². The van der Waals surface area contributed by atoms with Crippen molar-refractivity contribution in [1.82, 2.24) is 9.97 Å². The Morgan fingerprint density at radius 1 is 0.842 bits per heavy atom. The number of carbonyl (C=O) groups excluding carboxylic acids is 1. The lowest BCUT2D eigenvalue weighted by Gasteiger charge is -2.28. The first-order valence-electron chi connectivity index (χ1n) is 15.4. The summed E-state index contributed by atoms with van der Waals surface area (Å²) in [5, 5.41) is 0. The van der Waals surface area contributed by atoms with E-state index in [0.29, 0.717) is 11.4 Å². The zero-order chi connectivity index (χ0) is 27.0. The highest BCUT2D eigenvalue weighted by atomic mass is 19.1. The number of ether oxygens (including phenoxy) is 1. The van der Waals surface area contributed by atoms with E-state index in [1.165, 1.54) is 89.2 Å². The molecule has 0 atom stereocenters. The summed E-state index contributed by atoms with van der Waals surface area (Å²) < 4.78 is 20.6. The Morgan fingerprint density at radius 3 is 2.08 bits per heavy atom. The molecule has 1 aliphatic rings. The van der Waals surface area contributed by atoms with Crippen LogP contribution in [-0.2, 0) is 11.2 Å². The maximum absolute atomic E-state index is 14.9. The van der Waals surface area contributed by atoms with Gasteiger partial charge in [-0.15, -0.1) is 0 Å². The van der Waals surface area contributed by atoms with Gasteiger partial charge >= 0.3 is 5.97 Å². The first-order valence-corrected chi connectivity index (χ1v) is 15.4. The molecular formula is C33H49FN2O2. The Hall–Kier alpha value is -2.30. The van der Waals surface area contributed by atoms with Crippen molar-refractivity contribution in [2.75, 3.05) is 0 Å². The zero-order valence-corrected chi connectivity index (χ0v) is 23.9. The maximum Gasteiger partial charge on any atom is 0.341 e. The number of hydrogen-bond acceptors (Lipinski definition) is 4. The summed E-state index contributed by atoms with van der Waals surface area (Å²) in [7, 11) is 0. The second-order valence-electron chi connectivity index (χ2n) is 11.2. The number of benzene rings is 1. The molecule has 2 aromatic rings. The van der Waals surface area contributed by atoms with Crippen molar-refractivity contribution in [3.8, 4) is 11.4 Å². The fourth-order valence-electron chi connectivity index (χ4n) is 5.53. The Kier molecular flexibility index (Phi) is 13.8. The van der Waals surface area contributed by atoms with Gasteiger partial charge in [0.05, 0.1) is 5.56 Å². The third-order valence-electron chi connectivity index (χ3n) is 8.00. The number of halogens is 1. The smallest absolute Gasteiger partial charge is 0.341 e. The summed E-state index contributed by atoms with van der Waals surface area (Å²) >= 11 is 0. The van der Waals surface area contributed by atoms with Gasteiger partial charge in [-0.25, -0.2) is 19.2 Å². The number of rotatable bonds is 17. The van der Waals surface area contributed by atoms with Crippen LogP contribution in [0.25, 0.3) is 11.4 Å². The van der Waals surface area contributed by atoms with Crippen LogP contribution in [0.2, 0.25) is 0 Å². The Bertz CT molecular complexity index is 939. The number of esters is 1. The standard InChI is InChI=1S/C33H49FN2O2/c1-3-5-7-9-10-12-13-15-26-17-20-29(21-18-26)38-33(37)30-22-19-28(23-31(30)34)32-35-24-27(25-36-32)16-14-11-8-6-4-2/h19,22-26,29H,3-18,20-21H2,1-2H3/t26-,29-. The highest BCUT2D eigenvalue weighted by molar-refractivity contribution is 5.90. The molecule has 1 aliphatic carbocycles. The lowest BCUT2D eigenvalue weighted by atomic mass is 9.84. The molecule has 1 saturated carbocycles. The van der Waals surface area contributed by atoms with E-state index in [4.69, 9.17) is 4.74 Å². The second kappa shape index (κ2) is 17.3. The Balaban J connectivity index is 1.39. The van der Waals surface area contributed by atoms with Crippen molar-refractivity contribution in [1.29, 1.82) is 0 Å². The van der Waals surface area contributed by atoms with Crippen molar-refractivity contribution in [2.24, 2.45) is 5.92 Å². The molecule has 4 nitrogen and oxygen atoms in total. The van der Waals surface area contributed by atoms with Gasteiger partial charge in [-0.2, -0.15) is 0 Å². The van der Waals surface area contributed by atoms with Crippen LogP contribution in [0.15, 0.2) is 30.6 Å². The molecular weight excluding hydrogens is 475 g/mol. The van der Waals surface area contributed by atoms with E-state index in [1.54, 1.807) is 6.07 Å². The normalized spacial score (nSPS) is 17.4. The molecule has 0 unspecified atom stereocenters. The van der Waals surface area contributed by atoms with Gasteiger partial charge in [0, 0.05) is 18.0 Å². The van der Waals surface area contributed by atoms with E-state index in [0.717, 1.165) is 50.0 Å². The molecule has 0 spiro atoms. The molecule has 0 saturated heterocycles. The molecule has 210 valence electrons. The number of aryl methyl sites for hydroxylation is 1. The Morgan fingerprint density at radius 2 is 1.45 bits per heavy atom. The Labute approximate surface area is 230 Å². The summed E-state index contributed by atoms with van der Waals surface area (Å²) in [6.07, 6.45) is 25.3. The average Bonchev–Trinajstić information content (AvgIpc) is 2.93. The van der Waals surface area contributed by atoms with Gasteiger partial charge in [0.15, 0.2) is 5.82 Å². The monoisotopic (exact) mass is 524 g/mol. The number of hydrogen-bond donors (Lipinski definition) is 0. The molecule has 3 rings (SSSR count).